The molecule has 5 nitrogen and oxygen atoms in total. The molecule has 0 aliphatic heterocycles. The van der Waals surface area contributed by atoms with Crippen LogP contribution in [0.3, 0.4) is 0 Å². The highest BCUT2D eigenvalue weighted by molar-refractivity contribution is 5.84. The summed E-state index contributed by atoms with van der Waals surface area (Å²) in [4.78, 5) is 23.9. The van der Waals surface area contributed by atoms with Gasteiger partial charge in [0.25, 0.3) is 5.91 Å². The first-order chi connectivity index (χ1) is 9.43. The van der Waals surface area contributed by atoms with Crippen molar-refractivity contribution in [3.05, 3.63) is 42.7 Å². The van der Waals surface area contributed by atoms with Crippen LogP contribution in [0, 0.1) is 5.82 Å². The van der Waals surface area contributed by atoms with E-state index in [0.29, 0.717) is 5.75 Å². The molecule has 0 spiro atoms. The molecule has 1 aromatic rings. The second kappa shape index (κ2) is 7.28. The molecule has 108 valence electrons. The maximum absolute atomic E-state index is 12.7. The summed E-state index contributed by atoms with van der Waals surface area (Å²) in [5.74, 6) is -1.66. The van der Waals surface area contributed by atoms with Crippen LogP contribution in [0.1, 0.15) is 6.92 Å². The molecule has 0 bridgehead atoms. The number of benzene rings is 1. The van der Waals surface area contributed by atoms with E-state index in [9.17, 15) is 14.0 Å². The number of carboxylic acids is 1. The van der Waals surface area contributed by atoms with Gasteiger partial charge in [-0.05, 0) is 31.2 Å². The first-order valence-electron chi connectivity index (χ1n) is 5.97. The van der Waals surface area contributed by atoms with E-state index >= 15 is 0 Å². The second-order valence-corrected chi connectivity index (χ2v) is 4.12. The lowest BCUT2D eigenvalue weighted by Crippen LogP contribution is -2.43. The van der Waals surface area contributed by atoms with E-state index < -0.39 is 30.3 Å². The molecule has 0 radical (unpaired) electrons. The molecule has 1 unspecified atom stereocenters. The summed E-state index contributed by atoms with van der Waals surface area (Å²) >= 11 is 0. The zero-order valence-corrected chi connectivity index (χ0v) is 11.1. The summed E-state index contributed by atoms with van der Waals surface area (Å²) in [7, 11) is 0. The van der Waals surface area contributed by atoms with Crippen molar-refractivity contribution in [2.24, 2.45) is 0 Å². The van der Waals surface area contributed by atoms with Gasteiger partial charge in [-0.3, -0.25) is 9.59 Å². The Kier molecular flexibility index (Phi) is 5.71. The van der Waals surface area contributed by atoms with Gasteiger partial charge >= 0.3 is 5.97 Å². The van der Waals surface area contributed by atoms with Crippen LogP contribution in [0.15, 0.2) is 36.9 Å². The van der Waals surface area contributed by atoms with Gasteiger partial charge in [-0.25, -0.2) is 4.39 Å². The van der Waals surface area contributed by atoms with Crippen LogP contribution in [0.25, 0.3) is 0 Å². The van der Waals surface area contributed by atoms with Crippen LogP contribution >= 0.6 is 0 Å². The van der Waals surface area contributed by atoms with Gasteiger partial charge in [0, 0.05) is 6.54 Å². The fourth-order valence-electron chi connectivity index (χ4n) is 1.58. The van der Waals surface area contributed by atoms with Crippen LogP contribution in [0.5, 0.6) is 5.75 Å². The molecule has 1 N–H and O–H groups in total. The molecule has 1 rings (SSSR count). The molecule has 20 heavy (non-hydrogen) atoms. The molecule has 1 amide bonds. The zero-order valence-electron chi connectivity index (χ0n) is 11.1. The minimum absolute atomic E-state index is 0.113. The van der Waals surface area contributed by atoms with Gasteiger partial charge < -0.3 is 14.7 Å². The molecule has 0 saturated heterocycles. The quantitative estimate of drug-likeness (QED) is 0.772. The fraction of sp³-hybridized carbons (Fsp3) is 0.286. The Balaban J connectivity index is 2.70. The fourth-order valence-corrected chi connectivity index (χ4v) is 1.58. The number of carbonyl (C=O) groups is 2. The maximum atomic E-state index is 12.7. The smallest absolute Gasteiger partial charge is 0.323 e. The lowest BCUT2D eigenvalue weighted by atomic mass is 10.3. The lowest BCUT2D eigenvalue weighted by Gasteiger charge is -2.23. The molecule has 6 heteroatoms. The van der Waals surface area contributed by atoms with Crippen molar-refractivity contribution in [2.75, 3.05) is 13.1 Å². The molecule has 1 atom stereocenters. The number of carbonyl (C=O) groups excluding carboxylic acids is 1. The molecule has 0 fully saturated rings. The minimum Gasteiger partial charge on any atom is -0.481 e. The minimum atomic E-state index is -1.12. The molecular formula is C14H16FNO4. The first kappa shape index (κ1) is 15.7. The number of ether oxygens (including phenoxy) is 1. The Morgan fingerprint density at radius 2 is 2.05 bits per heavy atom. The van der Waals surface area contributed by atoms with Crippen molar-refractivity contribution in [1.29, 1.82) is 0 Å². The van der Waals surface area contributed by atoms with E-state index in [2.05, 4.69) is 6.58 Å². The summed E-state index contributed by atoms with van der Waals surface area (Å²) in [6.07, 6.45) is 0.561. The lowest BCUT2D eigenvalue weighted by molar-refractivity contribution is -0.146. The first-order valence-corrected chi connectivity index (χ1v) is 5.97. The van der Waals surface area contributed by atoms with Crippen molar-refractivity contribution in [3.63, 3.8) is 0 Å². The Bertz CT molecular complexity index is 486. The third-order valence-electron chi connectivity index (χ3n) is 2.46. The topological polar surface area (TPSA) is 66.8 Å². The Morgan fingerprint density at radius 1 is 1.45 bits per heavy atom. The third-order valence-corrected chi connectivity index (χ3v) is 2.46. The van der Waals surface area contributed by atoms with Gasteiger partial charge in [-0.15, -0.1) is 6.58 Å². The summed E-state index contributed by atoms with van der Waals surface area (Å²) in [6, 6.07) is 5.22. The van der Waals surface area contributed by atoms with Crippen LogP contribution in [-0.2, 0) is 9.59 Å². The van der Waals surface area contributed by atoms with Crippen molar-refractivity contribution in [3.8, 4) is 5.75 Å². The third kappa shape index (κ3) is 4.72. The largest absolute Gasteiger partial charge is 0.481 e. The SMILES string of the molecule is C=CCN(CC(=O)O)C(=O)C(C)Oc1ccc(F)cc1. The predicted molar refractivity (Wildman–Crippen MR) is 70.9 cm³/mol. The van der Waals surface area contributed by atoms with E-state index in [4.69, 9.17) is 9.84 Å². The summed E-state index contributed by atoms with van der Waals surface area (Å²) in [6.45, 7) is 4.66. The van der Waals surface area contributed by atoms with Gasteiger partial charge in [0.2, 0.25) is 0 Å². The highest BCUT2D eigenvalue weighted by Crippen LogP contribution is 2.14. The van der Waals surface area contributed by atoms with E-state index in [1.807, 2.05) is 0 Å². The number of amides is 1. The van der Waals surface area contributed by atoms with Crippen molar-refractivity contribution < 1.29 is 23.8 Å². The standard InChI is InChI=1S/C14H16FNO4/c1-3-8-16(9-13(17)18)14(19)10(2)20-12-6-4-11(15)5-7-12/h3-7,10H,1,8-9H2,2H3,(H,17,18). The highest BCUT2D eigenvalue weighted by Gasteiger charge is 2.23. The van der Waals surface area contributed by atoms with Crippen molar-refractivity contribution in [2.45, 2.75) is 13.0 Å². The van der Waals surface area contributed by atoms with Gasteiger partial charge in [0.1, 0.15) is 18.1 Å². The van der Waals surface area contributed by atoms with Crippen LogP contribution in [-0.4, -0.2) is 41.1 Å². The maximum Gasteiger partial charge on any atom is 0.323 e. The van der Waals surface area contributed by atoms with E-state index in [1.54, 1.807) is 0 Å². The monoisotopic (exact) mass is 281 g/mol. The number of hydrogen-bond acceptors (Lipinski definition) is 3. The molecule has 0 saturated carbocycles. The van der Waals surface area contributed by atoms with E-state index in [0.717, 1.165) is 4.90 Å². The highest BCUT2D eigenvalue weighted by atomic mass is 19.1. The number of nitrogens with zero attached hydrogens (tertiary/aromatic N) is 1. The van der Waals surface area contributed by atoms with Gasteiger partial charge in [-0.2, -0.15) is 0 Å². The van der Waals surface area contributed by atoms with Crippen LogP contribution in [0.2, 0.25) is 0 Å². The van der Waals surface area contributed by atoms with E-state index in [1.165, 1.54) is 37.3 Å². The summed E-state index contributed by atoms with van der Waals surface area (Å²) < 4.78 is 18.1. The predicted octanol–water partition coefficient (Wildman–Crippen LogP) is 1.69. The molecule has 0 heterocycles. The average Bonchev–Trinajstić information content (AvgIpc) is 2.39. The average molecular weight is 281 g/mol. The van der Waals surface area contributed by atoms with Gasteiger partial charge in [-0.1, -0.05) is 6.08 Å². The molecule has 0 aliphatic carbocycles. The number of rotatable bonds is 7. The molecule has 0 aromatic heterocycles. The summed E-state index contributed by atoms with van der Waals surface area (Å²) in [5, 5.41) is 8.75. The van der Waals surface area contributed by atoms with Gasteiger partial charge in [0.05, 0.1) is 0 Å². The number of aliphatic carboxylic acids is 1. The zero-order chi connectivity index (χ0) is 15.1. The number of hydrogen-bond donors (Lipinski definition) is 1. The molecular weight excluding hydrogens is 265 g/mol. The second-order valence-electron chi connectivity index (χ2n) is 4.12. The summed E-state index contributed by atoms with van der Waals surface area (Å²) in [5.41, 5.74) is 0. The Morgan fingerprint density at radius 3 is 2.55 bits per heavy atom. The number of carboxylic acid groups (broad SMARTS) is 1. The Hall–Kier alpha value is -2.37. The van der Waals surface area contributed by atoms with E-state index in [-0.39, 0.29) is 6.54 Å². The van der Waals surface area contributed by atoms with Crippen LogP contribution in [0.4, 0.5) is 4.39 Å². The van der Waals surface area contributed by atoms with Crippen LogP contribution < -0.4 is 4.74 Å². The molecule has 1 aromatic carbocycles. The Labute approximate surface area is 116 Å². The molecule has 0 aliphatic rings. The normalized spacial score (nSPS) is 11.5. The van der Waals surface area contributed by atoms with Gasteiger partial charge in [0.15, 0.2) is 6.10 Å². The number of halogens is 1. The van der Waals surface area contributed by atoms with Crippen molar-refractivity contribution >= 4 is 11.9 Å². The van der Waals surface area contributed by atoms with Crippen molar-refractivity contribution in [1.82, 2.24) is 4.90 Å².